The van der Waals surface area contributed by atoms with Crippen molar-refractivity contribution >= 4 is 0 Å². The number of benzene rings is 2. The minimum atomic E-state index is -4.96. The van der Waals surface area contributed by atoms with Crippen LogP contribution in [0.1, 0.15) is 27.8 Å². The molecular formula is C22H14F6N2O. The minimum absolute atomic E-state index is 0.0504. The molecule has 3 aromatic rings. The molecule has 0 spiro atoms. The largest absolute Gasteiger partial charge is 0.417 e. The van der Waals surface area contributed by atoms with Crippen LogP contribution in [-0.2, 0) is 18.9 Å². The Morgan fingerprint density at radius 2 is 1.61 bits per heavy atom. The Morgan fingerprint density at radius 3 is 2.19 bits per heavy atom. The molecule has 2 aromatic carbocycles. The Bertz CT molecular complexity index is 1230. The molecule has 0 aliphatic heterocycles. The first-order valence-electron chi connectivity index (χ1n) is 8.90. The van der Waals surface area contributed by atoms with Crippen LogP contribution < -0.4 is 5.56 Å². The first kappa shape index (κ1) is 22.2. The molecule has 0 saturated heterocycles. The Balaban J connectivity index is 2.29. The average Bonchev–Trinajstić information content (AvgIpc) is 2.68. The summed E-state index contributed by atoms with van der Waals surface area (Å²) in [4.78, 5) is 12.9. The lowest BCUT2D eigenvalue weighted by atomic mass is 10.0. The Kier molecular flexibility index (Phi) is 5.68. The predicted octanol–water partition coefficient (Wildman–Crippen LogP) is 5.78. The van der Waals surface area contributed by atoms with Crippen molar-refractivity contribution in [3.05, 3.63) is 92.8 Å². The van der Waals surface area contributed by atoms with Crippen molar-refractivity contribution in [2.45, 2.75) is 25.8 Å². The molecule has 3 rings (SSSR count). The summed E-state index contributed by atoms with van der Waals surface area (Å²) in [7, 11) is 0. The molecule has 0 aliphatic carbocycles. The van der Waals surface area contributed by atoms with Gasteiger partial charge in [-0.2, -0.15) is 31.6 Å². The van der Waals surface area contributed by atoms with E-state index in [0.717, 1.165) is 22.8 Å². The number of aryl methyl sites for hydroxylation is 1. The van der Waals surface area contributed by atoms with Crippen LogP contribution in [0.5, 0.6) is 0 Å². The van der Waals surface area contributed by atoms with E-state index in [1.54, 1.807) is 25.1 Å². The van der Waals surface area contributed by atoms with E-state index in [4.69, 9.17) is 0 Å². The van der Waals surface area contributed by atoms with Crippen molar-refractivity contribution in [3.8, 4) is 17.3 Å². The van der Waals surface area contributed by atoms with E-state index in [1.165, 1.54) is 18.2 Å². The molecule has 0 saturated carbocycles. The third kappa shape index (κ3) is 4.63. The summed E-state index contributed by atoms with van der Waals surface area (Å²) >= 11 is 0. The lowest BCUT2D eigenvalue weighted by molar-refractivity contribution is -0.138. The van der Waals surface area contributed by atoms with Gasteiger partial charge in [0.2, 0.25) is 0 Å². The standard InChI is InChI=1S/C22H14F6N2O/c1-13-4-2-6-15(8-13)19-10-18(22(26,27)28)17(11-29)20(31)30(19)12-14-5-3-7-16(9-14)21(23,24)25/h2-10H,12H2,1H3. The van der Waals surface area contributed by atoms with E-state index < -0.39 is 41.1 Å². The first-order chi connectivity index (χ1) is 14.4. The monoisotopic (exact) mass is 436 g/mol. The van der Waals surface area contributed by atoms with Gasteiger partial charge in [0.25, 0.3) is 5.56 Å². The summed E-state index contributed by atoms with van der Waals surface area (Å²) in [6.45, 7) is 1.26. The molecule has 0 aliphatic rings. The van der Waals surface area contributed by atoms with E-state index >= 15 is 0 Å². The normalized spacial score (nSPS) is 11.9. The second kappa shape index (κ2) is 7.95. The third-order valence-corrected chi connectivity index (χ3v) is 4.63. The molecule has 0 bridgehead atoms. The number of aromatic nitrogens is 1. The molecule has 0 radical (unpaired) electrons. The summed E-state index contributed by atoms with van der Waals surface area (Å²) in [5, 5.41) is 9.20. The van der Waals surface area contributed by atoms with Gasteiger partial charge in [-0.25, -0.2) is 0 Å². The number of hydrogen-bond donors (Lipinski definition) is 0. The van der Waals surface area contributed by atoms with E-state index in [0.29, 0.717) is 11.6 Å². The fraction of sp³-hybridized carbons (Fsp3) is 0.182. The fourth-order valence-corrected chi connectivity index (χ4v) is 3.21. The Labute approximate surface area is 172 Å². The number of alkyl halides is 6. The number of rotatable bonds is 3. The van der Waals surface area contributed by atoms with Crippen LogP contribution in [0.3, 0.4) is 0 Å². The van der Waals surface area contributed by atoms with Crippen LogP contribution in [0.2, 0.25) is 0 Å². The van der Waals surface area contributed by atoms with Gasteiger partial charge in [0, 0.05) is 0 Å². The van der Waals surface area contributed by atoms with Crippen molar-refractivity contribution < 1.29 is 26.3 Å². The van der Waals surface area contributed by atoms with E-state index in [9.17, 15) is 36.4 Å². The summed E-state index contributed by atoms with van der Waals surface area (Å²) in [6.07, 6.45) is -9.59. The van der Waals surface area contributed by atoms with Crippen LogP contribution in [0, 0.1) is 18.3 Å². The third-order valence-electron chi connectivity index (χ3n) is 4.63. The van der Waals surface area contributed by atoms with Crippen LogP contribution in [-0.4, -0.2) is 4.57 Å². The summed E-state index contributed by atoms with van der Waals surface area (Å²) in [5.74, 6) is 0. The van der Waals surface area contributed by atoms with E-state index in [-0.39, 0.29) is 16.8 Å². The van der Waals surface area contributed by atoms with Crippen LogP contribution in [0.4, 0.5) is 26.3 Å². The molecule has 1 aromatic heterocycles. The molecule has 9 heteroatoms. The zero-order chi connectivity index (χ0) is 23.0. The zero-order valence-electron chi connectivity index (χ0n) is 16.0. The summed E-state index contributed by atoms with van der Waals surface area (Å²) in [5.41, 5.74) is -3.83. The molecule has 0 atom stereocenters. The van der Waals surface area contributed by atoms with Crippen molar-refractivity contribution in [1.82, 2.24) is 4.57 Å². The highest BCUT2D eigenvalue weighted by Gasteiger charge is 2.36. The number of halogens is 6. The topological polar surface area (TPSA) is 45.8 Å². The van der Waals surface area contributed by atoms with Crippen LogP contribution in [0.25, 0.3) is 11.3 Å². The molecule has 0 N–H and O–H groups in total. The Hall–Kier alpha value is -3.54. The molecule has 160 valence electrons. The first-order valence-corrected chi connectivity index (χ1v) is 8.90. The highest BCUT2D eigenvalue weighted by molar-refractivity contribution is 5.63. The fourth-order valence-electron chi connectivity index (χ4n) is 3.21. The van der Waals surface area contributed by atoms with Crippen molar-refractivity contribution in [1.29, 1.82) is 5.26 Å². The van der Waals surface area contributed by atoms with Crippen LogP contribution >= 0.6 is 0 Å². The summed E-state index contributed by atoms with van der Waals surface area (Å²) in [6, 6.07) is 12.4. The van der Waals surface area contributed by atoms with Crippen molar-refractivity contribution in [2.75, 3.05) is 0 Å². The second-order valence-electron chi connectivity index (χ2n) is 6.89. The lowest BCUT2D eigenvalue weighted by Crippen LogP contribution is -2.28. The average molecular weight is 436 g/mol. The Morgan fingerprint density at radius 1 is 0.935 bits per heavy atom. The predicted molar refractivity (Wildman–Crippen MR) is 101 cm³/mol. The number of pyridine rings is 1. The maximum Gasteiger partial charge on any atom is 0.417 e. The SMILES string of the molecule is Cc1cccc(-c2cc(C(F)(F)F)c(C#N)c(=O)n2Cc2cccc(C(F)(F)F)c2)c1. The number of nitrogens with zero attached hydrogens (tertiary/aromatic N) is 2. The molecule has 31 heavy (non-hydrogen) atoms. The van der Waals surface area contributed by atoms with Gasteiger partial charge in [-0.05, 0) is 42.3 Å². The van der Waals surface area contributed by atoms with Crippen molar-refractivity contribution in [3.63, 3.8) is 0 Å². The van der Waals surface area contributed by atoms with Gasteiger partial charge in [-0.1, -0.05) is 35.9 Å². The molecule has 3 nitrogen and oxygen atoms in total. The second-order valence-corrected chi connectivity index (χ2v) is 6.89. The minimum Gasteiger partial charge on any atom is -0.303 e. The quantitative estimate of drug-likeness (QED) is 0.489. The van der Waals surface area contributed by atoms with Gasteiger partial charge in [-0.15, -0.1) is 0 Å². The highest BCUT2D eigenvalue weighted by atomic mass is 19.4. The van der Waals surface area contributed by atoms with Gasteiger partial charge >= 0.3 is 12.4 Å². The maximum atomic E-state index is 13.5. The van der Waals surface area contributed by atoms with Gasteiger partial charge in [0.1, 0.15) is 11.6 Å². The van der Waals surface area contributed by atoms with E-state index in [2.05, 4.69) is 0 Å². The van der Waals surface area contributed by atoms with Gasteiger partial charge in [0.05, 0.1) is 23.4 Å². The van der Waals surface area contributed by atoms with Gasteiger partial charge in [0.15, 0.2) is 0 Å². The van der Waals surface area contributed by atoms with Crippen molar-refractivity contribution in [2.24, 2.45) is 0 Å². The molecule has 0 unspecified atom stereocenters. The molecular weight excluding hydrogens is 422 g/mol. The summed E-state index contributed by atoms with van der Waals surface area (Å²) < 4.78 is 80.5. The zero-order valence-corrected chi connectivity index (χ0v) is 16.0. The van der Waals surface area contributed by atoms with Gasteiger partial charge < -0.3 is 4.57 Å². The molecule has 0 fully saturated rings. The number of nitriles is 1. The number of hydrogen-bond acceptors (Lipinski definition) is 2. The smallest absolute Gasteiger partial charge is 0.303 e. The maximum absolute atomic E-state index is 13.5. The van der Waals surface area contributed by atoms with E-state index in [1.807, 2.05) is 0 Å². The highest BCUT2D eigenvalue weighted by Crippen LogP contribution is 2.34. The molecule has 0 amide bonds. The van der Waals surface area contributed by atoms with Gasteiger partial charge in [-0.3, -0.25) is 4.79 Å². The molecule has 1 heterocycles. The lowest BCUT2D eigenvalue weighted by Gasteiger charge is -2.18. The van der Waals surface area contributed by atoms with Crippen LogP contribution in [0.15, 0.2) is 59.4 Å².